The Hall–Kier alpha value is -1.11. The van der Waals surface area contributed by atoms with E-state index >= 15 is 0 Å². The number of fused-ring (bicyclic) bond motifs is 4. The third-order valence-corrected chi connectivity index (χ3v) is 4.69. The molecule has 3 aliphatic rings. The number of carbonyl (C=O) groups is 1. The molecule has 0 spiro atoms. The average Bonchev–Trinajstić information content (AvgIpc) is 2.76. The van der Waals surface area contributed by atoms with Crippen molar-refractivity contribution in [1.29, 1.82) is 0 Å². The fraction of sp³-hybridized carbons (Fsp3) is 0.533. The monoisotopic (exact) mass is 212 g/mol. The zero-order chi connectivity index (χ0) is 10.7. The highest BCUT2D eigenvalue weighted by molar-refractivity contribution is 5.98. The van der Waals surface area contributed by atoms with Gasteiger partial charge in [-0.05, 0) is 48.3 Å². The summed E-state index contributed by atoms with van der Waals surface area (Å²) in [6.07, 6.45) is 6.05. The first kappa shape index (κ1) is 8.98. The summed E-state index contributed by atoms with van der Waals surface area (Å²) in [5.41, 5.74) is 3.98. The van der Waals surface area contributed by atoms with E-state index < -0.39 is 0 Å². The van der Waals surface area contributed by atoms with Crippen molar-refractivity contribution in [3.63, 3.8) is 0 Å². The van der Waals surface area contributed by atoms with Crippen molar-refractivity contribution < 1.29 is 4.79 Å². The predicted molar refractivity (Wildman–Crippen MR) is 62.8 cm³/mol. The Balaban J connectivity index is 1.65. The first-order valence-corrected chi connectivity index (χ1v) is 6.52. The molecule has 1 aromatic rings. The molecule has 0 radical (unpaired) electrons. The van der Waals surface area contributed by atoms with Crippen molar-refractivity contribution in [3.8, 4) is 0 Å². The Bertz CT molecular complexity index is 468. The smallest absolute Gasteiger partial charge is 0.165 e. The summed E-state index contributed by atoms with van der Waals surface area (Å²) in [4.78, 5) is 12.3. The lowest BCUT2D eigenvalue weighted by Gasteiger charge is -2.19. The van der Waals surface area contributed by atoms with E-state index in [0.717, 1.165) is 30.2 Å². The summed E-state index contributed by atoms with van der Waals surface area (Å²) in [7, 11) is 0. The van der Waals surface area contributed by atoms with E-state index in [4.69, 9.17) is 0 Å². The number of benzene rings is 1. The van der Waals surface area contributed by atoms with E-state index in [0.29, 0.717) is 11.7 Å². The summed E-state index contributed by atoms with van der Waals surface area (Å²) in [5, 5.41) is 0. The lowest BCUT2D eigenvalue weighted by Crippen LogP contribution is -2.13. The largest absolute Gasteiger partial charge is 0.294 e. The zero-order valence-electron chi connectivity index (χ0n) is 9.41. The normalized spacial score (nSPS) is 30.5. The number of rotatable bonds is 2. The van der Waals surface area contributed by atoms with Gasteiger partial charge in [-0.3, -0.25) is 4.79 Å². The second-order valence-corrected chi connectivity index (χ2v) is 5.64. The lowest BCUT2D eigenvalue weighted by molar-refractivity contribution is 0.0922. The van der Waals surface area contributed by atoms with Crippen LogP contribution in [0.15, 0.2) is 18.2 Å². The van der Waals surface area contributed by atoms with E-state index in [-0.39, 0.29) is 0 Å². The van der Waals surface area contributed by atoms with Crippen LogP contribution in [-0.4, -0.2) is 5.78 Å². The number of ketones is 1. The molecular formula is C15H16O. The standard InChI is InChI=1S/C15H16O/c16-15(9-3-1-2-4-9)10-5-6-11-12(7-10)14-8-13(11)14/h5-7,9,13-14H,1-4,8H2. The molecule has 0 bridgehead atoms. The predicted octanol–water partition coefficient (Wildman–Crippen LogP) is 3.64. The van der Waals surface area contributed by atoms with Crippen molar-refractivity contribution in [2.45, 2.75) is 43.9 Å². The van der Waals surface area contributed by atoms with E-state index in [1.807, 2.05) is 0 Å². The maximum atomic E-state index is 12.3. The molecular weight excluding hydrogens is 196 g/mol. The number of hydrogen-bond acceptors (Lipinski definition) is 1. The van der Waals surface area contributed by atoms with Gasteiger partial charge in [0.15, 0.2) is 5.78 Å². The van der Waals surface area contributed by atoms with Crippen LogP contribution in [0.4, 0.5) is 0 Å². The highest BCUT2D eigenvalue weighted by Crippen LogP contribution is 2.65. The van der Waals surface area contributed by atoms with Gasteiger partial charge in [0.25, 0.3) is 0 Å². The van der Waals surface area contributed by atoms with Gasteiger partial charge >= 0.3 is 0 Å². The molecule has 82 valence electrons. The Kier molecular flexibility index (Phi) is 1.66. The van der Waals surface area contributed by atoms with Crippen molar-refractivity contribution in [2.75, 3.05) is 0 Å². The highest BCUT2D eigenvalue weighted by Gasteiger charge is 2.50. The van der Waals surface area contributed by atoms with Crippen molar-refractivity contribution in [1.82, 2.24) is 0 Å². The van der Waals surface area contributed by atoms with E-state index in [1.165, 1.54) is 30.4 Å². The van der Waals surface area contributed by atoms with Gasteiger partial charge < -0.3 is 0 Å². The summed E-state index contributed by atoms with van der Waals surface area (Å²) in [5.74, 6) is 2.43. The van der Waals surface area contributed by atoms with Crippen LogP contribution in [0.3, 0.4) is 0 Å². The summed E-state index contributed by atoms with van der Waals surface area (Å²) < 4.78 is 0. The molecule has 0 amide bonds. The quantitative estimate of drug-likeness (QED) is 0.684. The summed E-state index contributed by atoms with van der Waals surface area (Å²) in [6.45, 7) is 0. The van der Waals surface area contributed by atoms with Gasteiger partial charge in [-0.1, -0.05) is 25.0 Å². The van der Waals surface area contributed by atoms with Crippen LogP contribution >= 0.6 is 0 Å². The second-order valence-electron chi connectivity index (χ2n) is 5.64. The molecule has 0 saturated heterocycles. The fourth-order valence-electron chi connectivity index (χ4n) is 3.60. The molecule has 2 saturated carbocycles. The molecule has 2 atom stereocenters. The Labute approximate surface area is 95.9 Å². The molecule has 1 heteroatoms. The first-order chi connectivity index (χ1) is 7.84. The van der Waals surface area contributed by atoms with Crippen LogP contribution in [0, 0.1) is 5.92 Å². The minimum atomic E-state index is 0.327. The molecule has 16 heavy (non-hydrogen) atoms. The van der Waals surface area contributed by atoms with Gasteiger partial charge in [0.1, 0.15) is 0 Å². The topological polar surface area (TPSA) is 17.1 Å². The average molecular weight is 212 g/mol. The van der Waals surface area contributed by atoms with Gasteiger partial charge in [-0.2, -0.15) is 0 Å². The van der Waals surface area contributed by atoms with Crippen LogP contribution < -0.4 is 0 Å². The van der Waals surface area contributed by atoms with Gasteiger partial charge in [0.05, 0.1) is 0 Å². The van der Waals surface area contributed by atoms with Gasteiger partial charge in [-0.15, -0.1) is 0 Å². The van der Waals surface area contributed by atoms with Gasteiger partial charge in [-0.25, -0.2) is 0 Å². The molecule has 3 aliphatic carbocycles. The minimum Gasteiger partial charge on any atom is -0.294 e. The molecule has 0 aliphatic heterocycles. The maximum Gasteiger partial charge on any atom is 0.165 e. The number of hydrogen-bond donors (Lipinski definition) is 0. The highest BCUT2D eigenvalue weighted by atomic mass is 16.1. The fourth-order valence-corrected chi connectivity index (χ4v) is 3.60. The van der Waals surface area contributed by atoms with Crippen LogP contribution in [0.5, 0.6) is 0 Å². The third kappa shape index (κ3) is 1.09. The van der Waals surface area contributed by atoms with Gasteiger partial charge in [0, 0.05) is 11.5 Å². The number of Topliss-reactive ketones (excluding diaryl/α,β-unsaturated/α-hetero) is 1. The summed E-state index contributed by atoms with van der Waals surface area (Å²) in [6, 6.07) is 6.45. The molecule has 2 unspecified atom stereocenters. The van der Waals surface area contributed by atoms with Crippen LogP contribution in [-0.2, 0) is 0 Å². The zero-order valence-corrected chi connectivity index (χ0v) is 9.41. The number of carbonyl (C=O) groups excluding carboxylic acids is 1. The van der Waals surface area contributed by atoms with Crippen LogP contribution in [0.25, 0.3) is 0 Å². The van der Waals surface area contributed by atoms with Crippen molar-refractivity contribution >= 4 is 5.78 Å². The van der Waals surface area contributed by atoms with Gasteiger partial charge in [0.2, 0.25) is 0 Å². The van der Waals surface area contributed by atoms with E-state index in [2.05, 4.69) is 18.2 Å². The van der Waals surface area contributed by atoms with Crippen molar-refractivity contribution in [2.24, 2.45) is 5.92 Å². The van der Waals surface area contributed by atoms with Crippen LogP contribution in [0.2, 0.25) is 0 Å². The maximum absolute atomic E-state index is 12.3. The SMILES string of the molecule is O=C(c1ccc2c(c1)C1CC21)C1CCCC1. The lowest BCUT2D eigenvalue weighted by atomic mass is 9.85. The molecule has 0 aromatic heterocycles. The minimum absolute atomic E-state index is 0.327. The molecule has 1 aromatic carbocycles. The Morgan fingerprint density at radius 3 is 2.62 bits per heavy atom. The van der Waals surface area contributed by atoms with E-state index in [1.54, 1.807) is 0 Å². The Morgan fingerprint density at radius 1 is 1.06 bits per heavy atom. The molecule has 4 rings (SSSR count). The van der Waals surface area contributed by atoms with Crippen molar-refractivity contribution in [3.05, 3.63) is 34.9 Å². The second kappa shape index (κ2) is 2.97. The summed E-state index contributed by atoms with van der Waals surface area (Å²) >= 11 is 0. The molecule has 0 N–H and O–H groups in total. The third-order valence-electron chi connectivity index (χ3n) is 4.69. The first-order valence-electron chi connectivity index (χ1n) is 6.52. The Morgan fingerprint density at radius 2 is 1.81 bits per heavy atom. The molecule has 2 fully saturated rings. The van der Waals surface area contributed by atoms with Crippen LogP contribution in [0.1, 0.15) is 65.4 Å². The molecule has 0 heterocycles. The van der Waals surface area contributed by atoms with E-state index in [9.17, 15) is 4.79 Å². The molecule has 1 nitrogen and oxygen atoms in total.